The van der Waals surface area contributed by atoms with E-state index in [9.17, 15) is 0 Å². The Morgan fingerprint density at radius 1 is 1.28 bits per heavy atom. The van der Waals surface area contributed by atoms with Crippen molar-refractivity contribution < 1.29 is 0 Å². The van der Waals surface area contributed by atoms with E-state index < -0.39 is 0 Å². The molecule has 1 heteroatoms. The van der Waals surface area contributed by atoms with Crippen molar-refractivity contribution in [3.05, 3.63) is 40.5 Å². The predicted octanol–water partition coefficient (Wildman–Crippen LogP) is 4.24. The van der Waals surface area contributed by atoms with Crippen LogP contribution in [0, 0.1) is 13.8 Å². The zero-order valence-electron chi connectivity index (χ0n) is 11.9. The lowest BCUT2D eigenvalue weighted by Crippen LogP contribution is -2.33. The van der Waals surface area contributed by atoms with Crippen LogP contribution in [0.25, 0.3) is 6.08 Å². The SMILES string of the molecule is C/C(=C/c1ccc(C)c(C)c1)CC1CCCCN1. The van der Waals surface area contributed by atoms with Crippen LogP contribution >= 0.6 is 0 Å². The van der Waals surface area contributed by atoms with Gasteiger partial charge in [-0.3, -0.25) is 0 Å². The molecule has 1 atom stereocenters. The van der Waals surface area contributed by atoms with E-state index in [4.69, 9.17) is 0 Å². The first-order valence-electron chi connectivity index (χ1n) is 7.13. The topological polar surface area (TPSA) is 12.0 Å². The molecular weight excluding hydrogens is 218 g/mol. The Kier molecular flexibility index (Phi) is 4.60. The van der Waals surface area contributed by atoms with Crippen LogP contribution in [-0.2, 0) is 0 Å². The monoisotopic (exact) mass is 243 g/mol. The third kappa shape index (κ3) is 3.71. The summed E-state index contributed by atoms with van der Waals surface area (Å²) < 4.78 is 0. The second kappa shape index (κ2) is 6.19. The lowest BCUT2D eigenvalue weighted by molar-refractivity contribution is 0.399. The second-order valence-corrected chi connectivity index (χ2v) is 5.69. The molecule has 0 aromatic heterocycles. The van der Waals surface area contributed by atoms with E-state index in [1.807, 2.05) is 0 Å². The first-order valence-corrected chi connectivity index (χ1v) is 7.13. The smallest absolute Gasteiger partial charge is 0.0104 e. The molecule has 0 saturated carbocycles. The van der Waals surface area contributed by atoms with Gasteiger partial charge in [0.25, 0.3) is 0 Å². The van der Waals surface area contributed by atoms with Crippen LogP contribution in [0.3, 0.4) is 0 Å². The Balaban J connectivity index is 2.00. The van der Waals surface area contributed by atoms with Crippen LogP contribution in [0.4, 0.5) is 0 Å². The molecule has 0 amide bonds. The molecule has 1 aromatic rings. The highest BCUT2D eigenvalue weighted by molar-refractivity contribution is 5.54. The molecule has 0 bridgehead atoms. The molecule has 1 aliphatic heterocycles. The summed E-state index contributed by atoms with van der Waals surface area (Å²) in [6.45, 7) is 7.80. The zero-order valence-corrected chi connectivity index (χ0v) is 11.9. The molecule has 18 heavy (non-hydrogen) atoms. The van der Waals surface area contributed by atoms with Crippen LogP contribution in [0.1, 0.15) is 49.3 Å². The van der Waals surface area contributed by atoms with Crippen molar-refractivity contribution in [1.29, 1.82) is 0 Å². The van der Waals surface area contributed by atoms with Crippen molar-refractivity contribution in [1.82, 2.24) is 5.32 Å². The fraction of sp³-hybridized carbons (Fsp3) is 0.529. The summed E-state index contributed by atoms with van der Waals surface area (Å²) in [4.78, 5) is 0. The average molecular weight is 243 g/mol. The van der Waals surface area contributed by atoms with Crippen molar-refractivity contribution in [3.63, 3.8) is 0 Å². The van der Waals surface area contributed by atoms with Gasteiger partial charge >= 0.3 is 0 Å². The normalized spacial score (nSPS) is 21.1. The molecule has 1 unspecified atom stereocenters. The molecule has 98 valence electrons. The minimum atomic E-state index is 0.696. The van der Waals surface area contributed by atoms with Gasteiger partial charge in [0.15, 0.2) is 0 Å². The van der Waals surface area contributed by atoms with E-state index in [0.717, 1.165) is 0 Å². The Hall–Kier alpha value is -1.08. The van der Waals surface area contributed by atoms with Gasteiger partial charge in [-0.25, -0.2) is 0 Å². The third-order valence-electron chi connectivity index (χ3n) is 3.92. The largest absolute Gasteiger partial charge is 0.314 e. The van der Waals surface area contributed by atoms with Crippen LogP contribution in [0.15, 0.2) is 23.8 Å². The Labute approximate surface area is 111 Å². The van der Waals surface area contributed by atoms with Gasteiger partial charge < -0.3 is 5.32 Å². The van der Waals surface area contributed by atoms with Gasteiger partial charge in [-0.05, 0) is 63.3 Å². The second-order valence-electron chi connectivity index (χ2n) is 5.69. The maximum absolute atomic E-state index is 3.62. The molecule has 0 aliphatic carbocycles. The molecule has 1 saturated heterocycles. The van der Waals surface area contributed by atoms with E-state index in [1.54, 1.807) is 0 Å². The van der Waals surface area contributed by atoms with E-state index in [2.05, 4.69) is 50.4 Å². The lowest BCUT2D eigenvalue weighted by Gasteiger charge is -2.23. The Morgan fingerprint density at radius 2 is 2.11 bits per heavy atom. The van der Waals surface area contributed by atoms with Gasteiger partial charge in [-0.15, -0.1) is 0 Å². The molecule has 0 radical (unpaired) electrons. The highest BCUT2D eigenvalue weighted by Gasteiger charge is 2.12. The average Bonchev–Trinajstić information content (AvgIpc) is 2.35. The number of nitrogens with one attached hydrogen (secondary N) is 1. The van der Waals surface area contributed by atoms with E-state index in [-0.39, 0.29) is 0 Å². The minimum absolute atomic E-state index is 0.696. The summed E-state index contributed by atoms with van der Waals surface area (Å²) >= 11 is 0. The van der Waals surface area contributed by atoms with Crippen molar-refractivity contribution in [3.8, 4) is 0 Å². The van der Waals surface area contributed by atoms with Gasteiger partial charge in [-0.1, -0.05) is 36.3 Å². The standard InChI is InChI=1S/C17H25N/c1-13(11-17-6-4-5-9-18-17)10-16-8-7-14(2)15(3)12-16/h7-8,10,12,17-18H,4-6,9,11H2,1-3H3/b13-10-. The van der Waals surface area contributed by atoms with E-state index in [0.29, 0.717) is 6.04 Å². The summed E-state index contributed by atoms with van der Waals surface area (Å²) in [5, 5.41) is 3.62. The van der Waals surface area contributed by atoms with Crippen LogP contribution in [0.5, 0.6) is 0 Å². The van der Waals surface area contributed by atoms with E-state index >= 15 is 0 Å². The Bertz CT molecular complexity index is 425. The first kappa shape index (κ1) is 13.4. The highest BCUT2D eigenvalue weighted by Crippen LogP contribution is 2.18. The number of rotatable bonds is 3. The van der Waals surface area contributed by atoms with Gasteiger partial charge in [0.05, 0.1) is 0 Å². The molecule has 2 rings (SSSR count). The highest BCUT2D eigenvalue weighted by atomic mass is 14.9. The number of hydrogen-bond acceptors (Lipinski definition) is 1. The summed E-state index contributed by atoms with van der Waals surface area (Å²) in [5.41, 5.74) is 5.58. The van der Waals surface area contributed by atoms with Crippen molar-refractivity contribution in [2.75, 3.05) is 6.54 Å². The van der Waals surface area contributed by atoms with Crippen molar-refractivity contribution >= 4 is 6.08 Å². The molecule has 1 N–H and O–H groups in total. The maximum atomic E-state index is 3.62. The molecular formula is C17H25N. The summed E-state index contributed by atoms with van der Waals surface area (Å²) in [6.07, 6.45) is 7.58. The van der Waals surface area contributed by atoms with E-state index in [1.165, 1.54) is 54.5 Å². The number of benzene rings is 1. The van der Waals surface area contributed by atoms with Crippen LogP contribution in [-0.4, -0.2) is 12.6 Å². The fourth-order valence-electron chi connectivity index (χ4n) is 2.68. The van der Waals surface area contributed by atoms with Gasteiger partial charge in [0.2, 0.25) is 0 Å². The third-order valence-corrected chi connectivity index (χ3v) is 3.92. The Morgan fingerprint density at radius 3 is 2.78 bits per heavy atom. The quantitative estimate of drug-likeness (QED) is 0.837. The van der Waals surface area contributed by atoms with Crippen LogP contribution < -0.4 is 5.32 Å². The summed E-state index contributed by atoms with van der Waals surface area (Å²) in [7, 11) is 0. The van der Waals surface area contributed by atoms with Crippen molar-refractivity contribution in [2.45, 2.75) is 52.5 Å². The molecule has 1 aliphatic rings. The minimum Gasteiger partial charge on any atom is -0.314 e. The zero-order chi connectivity index (χ0) is 13.0. The molecule has 0 spiro atoms. The molecule has 1 aromatic carbocycles. The van der Waals surface area contributed by atoms with Gasteiger partial charge in [0.1, 0.15) is 0 Å². The number of aryl methyl sites for hydroxylation is 2. The predicted molar refractivity (Wildman–Crippen MR) is 79.8 cm³/mol. The first-order chi connectivity index (χ1) is 8.65. The molecule has 1 heterocycles. The molecule has 1 fully saturated rings. The lowest BCUT2D eigenvalue weighted by atomic mass is 9.97. The number of hydrogen-bond donors (Lipinski definition) is 1. The summed E-state index contributed by atoms with van der Waals surface area (Å²) in [5.74, 6) is 0. The van der Waals surface area contributed by atoms with Crippen LogP contribution in [0.2, 0.25) is 0 Å². The summed E-state index contributed by atoms with van der Waals surface area (Å²) in [6, 6.07) is 7.42. The van der Waals surface area contributed by atoms with Gasteiger partial charge in [0, 0.05) is 6.04 Å². The van der Waals surface area contributed by atoms with Gasteiger partial charge in [-0.2, -0.15) is 0 Å². The van der Waals surface area contributed by atoms with Crippen molar-refractivity contribution in [2.24, 2.45) is 0 Å². The fourth-order valence-corrected chi connectivity index (χ4v) is 2.68. The maximum Gasteiger partial charge on any atom is 0.0104 e. The molecule has 1 nitrogen and oxygen atoms in total. The number of piperidine rings is 1.